The average Bonchev–Trinajstić information content (AvgIpc) is 2.74. The highest BCUT2D eigenvalue weighted by molar-refractivity contribution is 14.0. The number of benzene rings is 1. The van der Waals surface area contributed by atoms with E-state index in [1.807, 2.05) is 25.1 Å². The quantitative estimate of drug-likeness (QED) is 0.207. The van der Waals surface area contributed by atoms with E-state index in [9.17, 15) is 4.21 Å². The van der Waals surface area contributed by atoms with E-state index in [-0.39, 0.29) is 24.0 Å². The minimum Gasteiger partial charge on any atom is -0.493 e. The van der Waals surface area contributed by atoms with Crippen molar-refractivity contribution in [2.45, 2.75) is 56.9 Å². The Morgan fingerprint density at radius 1 is 1.31 bits per heavy atom. The molecule has 1 aliphatic carbocycles. The summed E-state index contributed by atoms with van der Waals surface area (Å²) in [5, 5.41) is 7.20. The van der Waals surface area contributed by atoms with Crippen molar-refractivity contribution < 1.29 is 13.7 Å². The first kappa shape index (κ1) is 26.2. The fraction of sp³-hybridized carbons (Fsp3) is 0.667. The molecule has 166 valence electrons. The summed E-state index contributed by atoms with van der Waals surface area (Å²) in [5.41, 5.74) is 1.14. The smallest absolute Gasteiger partial charge is 0.191 e. The third-order valence-electron chi connectivity index (χ3n) is 4.97. The molecular weight excluding hydrogens is 501 g/mol. The lowest BCUT2D eigenvalue weighted by atomic mass is 9.95. The fourth-order valence-corrected chi connectivity index (χ4v) is 4.81. The van der Waals surface area contributed by atoms with Crippen LogP contribution in [0.5, 0.6) is 5.75 Å². The van der Waals surface area contributed by atoms with Gasteiger partial charge in [0, 0.05) is 61.6 Å². The van der Waals surface area contributed by atoms with Crippen LogP contribution >= 0.6 is 24.0 Å². The van der Waals surface area contributed by atoms with Gasteiger partial charge in [0.2, 0.25) is 0 Å². The van der Waals surface area contributed by atoms with E-state index in [0.29, 0.717) is 31.1 Å². The molecule has 8 heteroatoms. The maximum atomic E-state index is 12.1. The summed E-state index contributed by atoms with van der Waals surface area (Å²) in [7, 11) is 2.77. The van der Waals surface area contributed by atoms with Crippen LogP contribution in [-0.4, -0.2) is 54.6 Å². The SMILES string of the molecule is CCS(=O)C1CCCC(NC(=NC)NCc2cccc(OCCCOC)c2)C1.I. The van der Waals surface area contributed by atoms with Gasteiger partial charge in [0.25, 0.3) is 0 Å². The Bertz CT molecular complexity index is 645. The van der Waals surface area contributed by atoms with Gasteiger partial charge in [-0.2, -0.15) is 0 Å². The third-order valence-corrected chi connectivity index (χ3v) is 6.71. The molecule has 0 aromatic heterocycles. The Hall–Kier alpha value is -0.870. The molecule has 6 nitrogen and oxygen atoms in total. The van der Waals surface area contributed by atoms with Crippen LogP contribution in [0.2, 0.25) is 0 Å². The minimum absolute atomic E-state index is 0. The van der Waals surface area contributed by atoms with E-state index >= 15 is 0 Å². The third kappa shape index (κ3) is 9.65. The molecule has 3 unspecified atom stereocenters. The molecule has 3 atom stereocenters. The number of aliphatic imine (C=N–C) groups is 1. The van der Waals surface area contributed by atoms with Crippen LogP contribution in [0.4, 0.5) is 0 Å². The molecule has 1 saturated carbocycles. The van der Waals surface area contributed by atoms with Gasteiger partial charge >= 0.3 is 0 Å². The number of methoxy groups -OCH3 is 1. The molecule has 1 aromatic carbocycles. The largest absolute Gasteiger partial charge is 0.493 e. The Morgan fingerprint density at radius 3 is 2.86 bits per heavy atom. The van der Waals surface area contributed by atoms with Crippen molar-refractivity contribution in [2.75, 3.05) is 33.1 Å². The monoisotopic (exact) mass is 537 g/mol. The Labute approximate surface area is 195 Å². The molecule has 1 aliphatic rings. The topological polar surface area (TPSA) is 72.0 Å². The van der Waals surface area contributed by atoms with Gasteiger partial charge in [0.15, 0.2) is 5.96 Å². The maximum Gasteiger partial charge on any atom is 0.191 e. The lowest BCUT2D eigenvalue weighted by Gasteiger charge is -2.30. The second-order valence-corrected chi connectivity index (χ2v) is 9.07. The highest BCUT2D eigenvalue weighted by Gasteiger charge is 2.25. The zero-order valence-corrected chi connectivity index (χ0v) is 21.0. The predicted molar refractivity (Wildman–Crippen MR) is 132 cm³/mol. The van der Waals surface area contributed by atoms with Crippen molar-refractivity contribution in [3.8, 4) is 5.75 Å². The summed E-state index contributed by atoms with van der Waals surface area (Å²) in [6, 6.07) is 8.43. The molecule has 1 fully saturated rings. The normalized spacial score (nSPS) is 20.4. The van der Waals surface area contributed by atoms with Gasteiger partial charge in [0.1, 0.15) is 5.75 Å². The number of nitrogens with one attached hydrogen (secondary N) is 2. The van der Waals surface area contributed by atoms with E-state index in [4.69, 9.17) is 9.47 Å². The van der Waals surface area contributed by atoms with E-state index in [1.165, 1.54) is 0 Å². The second kappa shape index (κ2) is 15.0. The van der Waals surface area contributed by atoms with Gasteiger partial charge < -0.3 is 20.1 Å². The zero-order valence-electron chi connectivity index (χ0n) is 17.8. The first-order valence-corrected chi connectivity index (χ1v) is 11.6. The van der Waals surface area contributed by atoms with Crippen molar-refractivity contribution in [3.63, 3.8) is 0 Å². The summed E-state index contributed by atoms with van der Waals surface area (Å²) in [4.78, 5) is 4.35. The van der Waals surface area contributed by atoms with Gasteiger partial charge in [-0.15, -0.1) is 24.0 Å². The Kier molecular flexibility index (Phi) is 13.5. The summed E-state index contributed by atoms with van der Waals surface area (Å²) in [5.74, 6) is 2.41. The van der Waals surface area contributed by atoms with Crippen LogP contribution in [0.25, 0.3) is 0 Å². The molecule has 0 saturated heterocycles. The van der Waals surface area contributed by atoms with Gasteiger partial charge in [0.05, 0.1) is 6.61 Å². The molecule has 0 bridgehead atoms. The van der Waals surface area contributed by atoms with E-state index in [2.05, 4.69) is 21.7 Å². The number of guanidine groups is 1. The van der Waals surface area contributed by atoms with Crippen molar-refractivity contribution >= 4 is 40.7 Å². The lowest BCUT2D eigenvalue weighted by molar-refractivity contribution is 0.172. The number of rotatable bonds is 10. The Morgan fingerprint density at radius 2 is 2.14 bits per heavy atom. The number of ether oxygens (including phenoxy) is 2. The minimum atomic E-state index is -0.714. The van der Waals surface area contributed by atoms with E-state index < -0.39 is 10.8 Å². The lowest BCUT2D eigenvalue weighted by Crippen LogP contribution is -2.46. The predicted octanol–water partition coefficient (Wildman–Crippen LogP) is 3.46. The Balaban J connectivity index is 0.00000420. The van der Waals surface area contributed by atoms with Crippen LogP contribution in [0.1, 0.15) is 44.6 Å². The molecule has 0 spiro atoms. The van der Waals surface area contributed by atoms with E-state index in [1.54, 1.807) is 14.2 Å². The van der Waals surface area contributed by atoms with Crippen LogP contribution in [0, 0.1) is 0 Å². The highest BCUT2D eigenvalue weighted by Crippen LogP contribution is 2.23. The molecule has 0 radical (unpaired) electrons. The van der Waals surface area contributed by atoms with Gasteiger partial charge in [-0.3, -0.25) is 9.20 Å². The number of nitrogens with zero attached hydrogens (tertiary/aromatic N) is 1. The van der Waals surface area contributed by atoms with Gasteiger partial charge in [-0.05, 0) is 37.0 Å². The van der Waals surface area contributed by atoms with Crippen LogP contribution < -0.4 is 15.4 Å². The second-order valence-electron chi connectivity index (χ2n) is 7.07. The maximum absolute atomic E-state index is 12.1. The zero-order chi connectivity index (χ0) is 20.2. The first-order valence-electron chi connectivity index (χ1n) is 10.2. The van der Waals surface area contributed by atoms with Gasteiger partial charge in [-0.25, -0.2) is 0 Å². The van der Waals surface area contributed by atoms with E-state index in [0.717, 1.165) is 55.1 Å². The summed E-state index contributed by atoms with van der Waals surface area (Å²) < 4.78 is 22.9. The first-order chi connectivity index (χ1) is 13.7. The molecular formula is C21H36IN3O3S. The van der Waals surface area contributed by atoms with Crippen molar-refractivity contribution in [1.29, 1.82) is 0 Å². The van der Waals surface area contributed by atoms with Gasteiger partial charge in [-0.1, -0.05) is 25.5 Å². The fourth-order valence-electron chi connectivity index (χ4n) is 3.46. The molecule has 1 aromatic rings. The van der Waals surface area contributed by atoms with Crippen LogP contribution in [-0.2, 0) is 22.1 Å². The summed E-state index contributed by atoms with van der Waals surface area (Å²) in [6.45, 7) is 4.03. The molecule has 0 aliphatic heterocycles. The summed E-state index contributed by atoms with van der Waals surface area (Å²) in [6.07, 6.45) is 5.12. The summed E-state index contributed by atoms with van der Waals surface area (Å²) >= 11 is 0. The van der Waals surface area contributed by atoms with Crippen molar-refractivity contribution in [3.05, 3.63) is 29.8 Å². The van der Waals surface area contributed by atoms with Crippen molar-refractivity contribution in [1.82, 2.24) is 10.6 Å². The van der Waals surface area contributed by atoms with Crippen LogP contribution in [0.3, 0.4) is 0 Å². The van der Waals surface area contributed by atoms with Crippen molar-refractivity contribution in [2.24, 2.45) is 4.99 Å². The number of hydrogen-bond acceptors (Lipinski definition) is 4. The molecule has 2 N–H and O–H groups in total. The standard InChI is InChI=1S/C21H35N3O3S.HI/c1-4-28(25)20-11-6-9-18(15-20)24-21(22-2)23-16-17-8-5-10-19(14-17)27-13-7-12-26-3;/h5,8,10,14,18,20H,4,6-7,9,11-13,15-16H2,1-3H3,(H2,22,23,24);1H. The molecule has 0 amide bonds. The molecule has 29 heavy (non-hydrogen) atoms. The molecule has 2 rings (SSSR count). The number of halogens is 1. The highest BCUT2D eigenvalue weighted by atomic mass is 127. The molecule has 0 heterocycles. The number of hydrogen-bond donors (Lipinski definition) is 2. The van der Waals surface area contributed by atoms with Crippen LogP contribution in [0.15, 0.2) is 29.3 Å². The average molecular weight is 538 g/mol.